The van der Waals surface area contributed by atoms with Crippen molar-refractivity contribution in [1.29, 1.82) is 0 Å². The molecule has 144 valence electrons. The Kier molecular flexibility index (Phi) is 5.32. The number of benzene rings is 1. The zero-order valence-electron chi connectivity index (χ0n) is 15.8. The van der Waals surface area contributed by atoms with Crippen molar-refractivity contribution in [2.24, 2.45) is 0 Å². The standard InChI is InChI=1S/C21H23FN6/c1-16-13-20(24-15-17-5-4-8-23-14-17)26-21(25-16)28-11-9-27(10-12-28)19-7-3-2-6-18(19)22/h2-8,13-14H,9-12,15H2,1H3,(H,24,25,26). The Hall–Kier alpha value is -3.22. The molecule has 0 unspecified atom stereocenters. The minimum atomic E-state index is -0.176. The zero-order chi connectivity index (χ0) is 19.3. The van der Waals surface area contributed by atoms with Gasteiger partial charge in [0, 0.05) is 56.9 Å². The molecule has 1 aromatic carbocycles. The summed E-state index contributed by atoms with van der Waals surface area (Å²) in [5.74, 6) is 1.33. The molecule has 4 rings (SSSR count). The second-order valence-corrected chi connectivity index (χ2v) is 6.83. The van der Waals surface area contributed by atoms with E-state index < -0.39 is 0 Å². The number of nitrogens with one attached hydrogen (secondary N) is 1. The number of hydrogen-bond acceptors (Lipinski definition) is 6. The van der Waals surface area contributed by atoms with Gasteiger partial charge in [0.1, 0.15) is 11.6 Å². The highest BCUT2D eigenvalue weighted by Gasteiger charge is 2.21. The fourth-order valence-electron chi connectivity index (χ4n) is 3.34. The van der Waals surface area contributed by atoms with Crippen LogP contribution in [-0.2, 0) is 6.54 Å². The molecular formula is C21H23FN6. The Morgan fingerprint density at radius 2 is 1.79 bits per heavy atom. The highest BCUT2D eigenvalue weighted by Crippen LogP contribution is 2.22. The molecule has 0 radical (unpaired) electrons. The number of anilines is 3. The normalized spacial score (nSPS) is 14.2. The molecule has 6 nitrogen and oxygen atoms in total. The summed E-state index contributed by atoms with van der Waals surface area (Å²) in [6.45, 7) is 5.59. The SMILES string of the molecule is Cc1cc(NCc2cccnc2)nc(N2CCN(c3ccccc3F)CC2)n1. The van der Waals surface area contributed by atoms with E-state index in [1.165, 1.54) is 6.07 Å². The lowest BCUT2D eigenvalue weighted by atomic mass is 10.2. The summed E-state index contributed by atoms with van der Waals surface area (Å²) < 4.78 is 14.0. The second kappa shape index (κ2) is 8.21. The number of halogens is 1. The Bertz CT molecular complexity index is 925. The molecular weight excluding hydrogens is 355 g/mol. The van der Waals surface area contributed by atoms with Gasteiger partial charge in [0.25, 0.3) is 0 Å². The smallest absolute Gasteiger partial charge is 0.227 e. The van der Waals surface area contributed by atoms with Gasteiger partial charge in [0.2, 0.25) is 5.95 Å². The second-order valence-electron chi connectivity index (χ2n) is 6.83. The molecule has 1 fully saturated rings. The van der Waals surface area contributed by atoms with Crippen molar-refractivity contribution >= 4 is 17.5 Å². The zero-order valence-corrected chi connectivity index (χ0v) is 15.8. The number of pyridine rings is 1. The van der Waals surface area contributed by atoms with Crippen molar-refractivity contribution in [1.82, 2.24) is 15.0 Å². The number of aryl methyl sites for hydroxylation is 1. The van der Waals surface area contributed by atoms with E-state index in [1.807, 2.05) is 43.5 Å². The average Bonchev–Trinajstić information content (AvgIpc) is 2.73. The van der Waals surface area contributed by atoms with Gasteiger partial charge in [-0.1, -0.05) is 18.2 Å². The number of nitrogens with zero attached hydrogens (tertiary/aromatic N) is 5. The van der Waals surface area contributed by atoms with Gasteiger partial charge in [-0.25, -0.2) is 9.37 Å². The first-order valence-electron chi connectivity index (χ1n) is 9.42. The summed E-state index contributed by atoms with van der Waals surface area (Å²) in [6.07, 6.45) is 3.60. The van der Waals surface area contributed by atoms with Crippen molar-refractivity contribution in [3.05, 3.63) is 71.9 Å². The third-order valence-corrected chi connectivity index (χ3v) is 4.79. The van der Waals surface area contributed by atoms with E-state index >= 15 is 0 Å². The number of hydrogen-bond donors (Lipinski definition) is 1. The molecule has 0 saturated carbocycles. The van der Waals surface area contributed by atoms with Crippen LogP contribution in [-0.4, -0.2) is 41.1 Å². The quantitative estimate of drug-likeness (QED) is 0.736. The maximum Gasteiger partial charge on any atom is 0.227 e. The molecule has 0 amide bonds. The lowest BCUT2D eigenvalue weighted by Gasteiger charge is -2.36. The van der Waals surface area contributed by atoms with E-state index in [2.05, 4.69) is 30.1 Å². The summed E-state index contributed by atoms with van der Waals surface area (Å²) >= 11 is 0. The molecule has 1 aliphatic heterocycles. The summed E-state index contributed by atoms with van der Waals surface area (Å²) in [6, 6.07) is 12.8. The number of rotatable bonds is 5. The van der Waals surface area contributed by atoms with Crippen LogP contribution in [0.1, 0.15) is 11.3 Å². The fourth-order valence-corrected chi connectivity index (χ4v) is 3.34. The lowest BCUT2D eigenvalue weighted by molar-refractivity contribution is 0.594. The molecule has 1 saturated heterocycles. The van der Waals surface area contributed by atoms with Gasteiger partial charge in [0.15, 0.2) is 0 Å². The minimum Gasteiger partial charge on any atom is -0.366 e. The van der Waals surface area contributed by atoms with Gasteiger partial charge in [-0.3, -0.25) is 4.98 Å². The average molecular weight is 378 g/mol. The maximum atomic E-state index is 14.0. The number of aromatic nitrogens is 3. The third kappa shape index (κ3) is 4.19. The van der Waals surface area contributed by atoms with Crippen LogP contribution in [0.25, 0.3) is 0 Å². The van der Waals surface area contributed by atoms with E-state index in [4.69, 9.17) is 0 Å². The summed E-state index contributed by atoms with van der Waals surface area (Å²) in [5, 5.41) is 3.35. The first-order valence-corrected chi connectivity index (χ1v) is 9.42. The van der Waals surface area contributed by atoms with Crippen molar-refractivity contribution in [2.75, 3.05) is 41.3 Å². The predicted molar refractivity (Wildman–Crippen MR) is 109 cm³/mol. The van der Waals surface area contributed by atoms with E-state index in [0.29, 0.717) is 18.2 Å². The van der Waals surface area contributed by atoms with Crippen LogP contribution in [0.2, 0.25) is 0 Å². The number of para-hydroxylation sites is 1. The first kappa shape index (κ1) is 18.2. The van der Waals surface area contributed by atoms with Gasteiger partial charge in [-0.15, -0.1) is 0 Å². The molecule has 7 heteroatoms. The molecule has 0 aliphatic carbocycles. The van der Waals surface area contributed by atoms with Gasteiger partial charge in [-0.2, -0.15) is 4.98 Å². The molecule has 2 aromatic heterocycles. The summed E-state index contributed by atoms with van der Waals surface area (Å²) in [4.78, 5) is 17.6. The van der Waals surface area contributed by atoms with Crippen LogP contribution >= 0.6 is 0 Å². The van der Waals surface area contributed by atoms with Crippen LogP contribution < -0.4 is 15.1 Å². The Labute approximate surface area is 164 Å². The molecule has 0 bridgehead atoms. The Morgan fingerprint density at radius 1 is 1.00 bits per heavy atom. The topological polar surface area (TPSA) is 57.2 Å². The lowest BCUT2D eigenvalue weighted by Crippen LogP contribution is -2.47. The molecule has 0 spiro atoms. The summed E-state index contributed by atoms with van der Waals surface area (Å²) in [7, 11) is 0. The largest absolute Gasteiger partial charge is 0.366 e. The van der Waals surface area contributed by atoms with Crippen molar-refractivity contribution in [3.63, 3.8) is 0 Å². The van der Waals surface area contributed by atoms with E-state index in [9.17, 15) is 4.39 Å². The Morgan fingerprint density at radius 3 is 2.54 bits per heavy atom. The predicted octanol–water partition coefficient (Wildman–Crippen LogP) is 3.26. The van der Waals surface area contributed by atoms with E-state index in [-0.39, 0.29) is 5.82 Å². The third-order valence-electron chi connectivity index (χ3n) is 4.79. The van der Waals surface area contributed by atoms with Crippen molar-refractivity contribution in [3.8, 4) is 0 Å². The van der Waals surface area contributed by atoms with Crippen molar-refractivity contribution < 1.29 is 4.39 Å². The van der Waals surface area contributed by atoms with Gasteiger partial charge in [0.05, 0.1) is 5.69 Å². The molecule has 1 aliphatic rings. The molecule has 3 heterocycles. The van der Waals surface area contributed by atoms with Crippen LogP contribution in [0.4, 0.5) is 21.8 Å². The maximum absolute atomic E-state index is 14.0. The monoisotopic (exact) mass is 378 g/mol. The van der Waals surface area contributed by atoms with Crippen LogP contribution in [0.3, 0.4) is 0 Å². The fraction of sp³-hybridized carbons (Fsp3) is 0.286. The van der Waals surface area contributed by atoms with Gasteiger partial charge in [-0.05, 0) is 30.7 Å². The van der Waals surface area contributed by atoms with Crippen LogP contribution in [0.15, 0.2) is 54.9 Å². The van der Waals surface area contributed by atoms with E-state index in [0.717, 1.165) is 43.3 Å². The first-order chi connectivity index (χ1) is 13.7. The van der Waals surface area contributed by atoms with Crippen LogP contribution in [0.5, 0.6) is 0 Å². The molecule has 28 heavy (non-hydrogen) atoms. The Balaban J connectivity index is 1.42. The molecule has 0 atom stereocenters. The van der Waals surface area contributed by atoms with Crippen LogP contribution in [0, 0.1) is 12.7 Å². The molecule has 3 aromatic rings. The van der Waals surface area contributed by atoms with Gasteiger partial charge >= 0.3 is 0 Å². The van der Waals surface area contributed by atoms with Crippen molar-refractivity contribution in [2.45, 2.75) is 13.5 Å². The number of piperazine rings is 1. The molecule has 1 N–H and O–H groups in total. The van der Waals surface area contributed by atoms with Gasteiger partial charge < -0.3 is 15.1 Å². The van der Waals surface area contributed by atoms with E-state index in [1.54, 1.807) is 12.3 Å². The minimum absolute atomic E-state index is 0.176. The highest BCUT2D eigenvalue weighted by molar-refractivity contribution is 5.50. The summed E-state index contributed by atoms with van der Waals surface area (Å²) in [5.41, 5.74) is 2.67. The highest BCUT2D eigenvalue weighted by atomic mass is 19.1.